The monoisotopic (exact) mass is 336 g/mol. The fraction of sp³-hybridized carbons (Fsp3) is 0.211. The molecule has 5 nitrogen and oxygen atoms in total. The van der Waals surface area contributed by atoms with Gasteiger partial charge in [-0.3, -0.25) is 4.79 Å². The average Bonchev–Trinajstić information content (AvgIpc) is 3.28. The van der Waals surface area contributed by atoms with Crippen LogP contribution in [0.25, 0.3) is 22.0 Å². The topological polar surface area (TPSA) is 60.2 Å². The number of aromatic amines is 1. The number of anilines is 2. The van der Waals surface area contributed by atoms with Gasteiger partial charge in [-0.1, -0.05) is 0 Å². The Labute approximate surface area is 143 Å². The van der Waals surface area contributed by atoms with Gasteiger partial charge in [-0.25, -0.2) is 4.39 Å². The van der Waals surface area contributed by atoms with Crippen molar-refractivity contribution in [2.75, 3.05) is 36.4 Å². The van der Waals surface area contributed by atoms with E-state index in [0.717, 1.165) is 43.1 Å². The summed E-state index contributed by atoms with van der Waals surface area (Å²) in [5.41, 5.74) is 3.75. The minimum Gasteiger partial charge on any atom is -0.368 e. The molecule has 3 N–H and O–H groups in total. The van der Waals surface area contributed by atoms with E-state index < -0.39 is 0 Å². The SMILES string of the molecule is O=C1Nc2ccc(F)c3c(N4CCNCC4)cc(-c4ccc[nH]4)c1c23. The number of amides is 1. The summed E-state index contributed by atoms with van der Waals surface area (Å²) in [6.45, 7) is 3.34. The van der Waals surface area contributed by atoms with Gasteiger partial charge in [0.15, 0.2) is 0 Å². The van der Waals surface area contributed by atoms with Crippen molar-refractivity contribution in [2.24, 2.45) is 0 Å². The molecular weight excluding hydrogens is 319 g/mol. The Kier molecular flexibility index (Phi) is 3.08. The molecule has 0 saturated carbocycles. The summed E-state index contributed by atoms with van der Waals surface area (Å²) in [5, 5.41) is 7.42. The van der Waals surface area contributed by atoms with Crippen LogP contribution in [0.15, 0.2) is 36.5 Å². The van der Waals surface area contributed by atoms with Gasteiger partial charge in [0.2, 0.25) is 0 Å². The normalized spacial score (nSPS) is 16.5. The molecule has 1 aromatic heterocycles. The number of hydrogen-bond donors (Lipinski definition) is 3. The van der Waals surface area contributed by atoms with Crippen molar-refractivity contribution >= 4 is 28.1 Å². The third-order valence-electron chi connectivity index (χ3n) is 5.03. The van der Waals surface area contributed by atoms with Crippen LogP contribution in [-0.4, -0.2) is 37.1 Å². The summed E-state index contributed by atoms with van der Waals surface area (Å²) in [7, 11) is 0. The maximum Gasteiger partial charge on any atom is 0.257 e. The minimum absolute atomic E-state index is 0.179. The number of nitrogens with zero attached hydrogens (tertiary/aromatic N) is 1. The number of carbonyl (C=O) groups is 1. The highest BCUT2D eigenvalue weighted by molar-refractivity contribution is 6.28. The lowest BCUT2D eigenvalue weighted by atomic mass is 9.95. The summed E-state index contributed by atoms with van der Waals surface area (Å²) in [5.74, 6) is -0.467. The molecule has 2 aliphatic rings. The molecule has 1 saturated heterocycles. The van der Waals surface area contributed by atoms with Crippen LogP contribution in [0.5, 0.6) is 0 Å². The van der Waals surface area contributed by atoms with E-state index in [2.05, 4.69) is 20.5 Å². The van der Waals surface area contributed by atoms with Crippen LogP contribution in [-0.2, 0) is 0 Å². The number of H-pyrrole nitrogens is 1. The summed E-state index contributed by atoms with van der Waals surface area (Å²) < 4.78 is 14.8. The minimum atomic E-state index is -0.289. The van der Waals surface area contributed by atoms with E-state index in [1.54, 1.807) is 6.07 Å². The van der Waals surface area contributed by atoms with E-state index in [-0.39, 0.29) is 11.7 Å². The highest BCUT2D eigenvalue weighted by Gasteiger charge is 2.30. The van der Waals surface area contributed by atoms with Crippen molar-refractivity contribution in [3.05, 3.63) is 47.9 Å². The van der Waals surface area contributed by atoms with Crippen LogP contribution >= 0.6 is 0 Å². The van der Waals surface area contributed by atoms with Gasteiger partial charge < -0.3 is 20.5 Å². The third kappa shape index (κ3) is 2.07. The van der Waals surface area contributed by atoms with E-state index in [1.165, 1.54) is 6.07 Å². The molecule has 3 heterocycles. The quantitative estimate of drug-likeness (QED) is 0.674. The maximum atomic E-state index is 14.8. The number of nitrogens with one attached hydrogen (secondary N) is 3. The van der Waals surface area contributed by atoms with E-state index in [4.69, 9.17) is 0 Å². The van der Waals surface area contributed by atoms with E-state index in [9.17, 15) is 9.18 Å². The Bertz CT molecular complexity index is 991. The second kappa shape index (κ2) is 5.32. The molecule has 2 aromatic carbocycles. The van der Waals surface area contributed by atoms with E-state index >= 15 is 0 Å². The molecule has 6 heteroatoms. The molecular formula is C19H17FN4O. The summed E-state index contributed by atoms with van der Waals surface area (Å²) >= 11 is 0. The molecule has 126 valence electrons. The van der Waals surface area contributed by atoms with Gasteiger partial charge in [0.05, 0.1) is 5.56 Å². The lowest BCUT2D eigenvalue weighted by Gasteiger charge is -2.31. The zero-order valence-electron chi connectivity index (χ0n) is 13.5. The number of piperazine rings is 1. The smallest absolute Gasteiger partial charge is 0.257 e. The first-order valence-electron chi connectivity index (χ1n) is 8.44. The fourth-order valence-electron chi connectivity index (χ4n) is 3.89. The Morgan fingerprint density at radius 2 is 1.92 bits per heavy atom. The highest BCUT2D eigenvalue weighted by Crippen LogP contribution is 2.44. The average molecular weight is 336 g/mol. The number of aromatic nitrogens is 1. The van der Waals surface area contributed by atoms with Gasteiger partial charge in [-0.2, -0.15) is 0 Å². The van der Waals surface area contributed by atoms with Crippen molar-refractivity contribution in [3.63, 3.8) is 0 Å². The van der Waals surface area contributed by atoms with Crippen molar-refractivity contribution in [1.82, 2.24) is 10.3 Å². The standard InChI is InChI=1S/C19H17FN4O/c20-12-3-4-14-18-16(19(25)23-14)11(13-2-1-5-22-13)10-15(17(12)18)24-8-6-21-7-9-24/h1-5,10,21-22H,6-9H2,(H,23,25). The van der Waals surface area contributed by atoms with Gasteiger partial charge in [0.1, 0.15) is 5.82 Å². The van der Waals surface area contributed by atoms with Crippen LogP contribution < -0.4 is 15.5 Å². The van der Waals surface area contributed by atoms with Gasteiger partial charge in [0, 0.05) is 65.8 Å². The van der Waals surface area contributed by atoms with Gasteiger partial charge >= 0.3 is 0 Å². The summed E-state index contributed by atoms with van der Waals surface area (Å²) in [6.07, 6.45) is 1.83. The second-order valence-corrected chi connectivity index (χ2v) is 6.44. The summed E-state index contributed by atoms with van der Waals surface area (Å²) in [4.78, 5) is 18.0. The van der Waals surface area contributed by atoms with Crippen LogP contribution in [0.4, 0.5) is 15.8 Å². The largest absolute Gasteiger partial charge is 0.368 e. The van der Waals surface area contributed by atoms with Gasteiger partial charge in [-0.05, 0) is 30.3 Å². The Balaban J connectivity index is 1.87. The molecule has 1 fully saturated rings. The first kappa shape index (κ1) is 14.5. The first-order valence-corrected chi connectivity index (χ1v) is 8.44. The van der Waals surface area contributed by atoms with Gasteiger partial charge in [0.25, 0.3) is 5.91 Å². The van der Waals surface area contributed by atoms with Crippen LogP contribution in [0.1, 0.15) is 10.4 Å². The number of hydrogen-bond acceptors (Lipinski definition) is 3. The molecule has 0 radical (unpaired) electrons. The number of halogens is 1. The molecule has 0 spiro atoms. The molecule has 2 aliphatic heterocycles. The van der Waals surface area contributed by atoms with E-state index in [1.807, 2.05) is 24.4 Å². The van der Waals surface area contributed by atoms with E-state index in [0.29, 0.717) is 22.0 Å². The number of rotatable bonds is 2. The predicted octanol–water partition coefficient (Wildman–Crippen LogP) is 2.95. The number of carbonyl (C=O) groups excluding carboxylic acids is 1. The molecule has 3 aromatic rings. The molecule has 0 bridgehead atoms. The lowest BCUT2D eigenvalue weighted by molar-refractivity contribution is 0.103. The molecule has 1 amide bonds. The van der Waals surface area contributed by atoms with Crippen molar-refractivity contribution < 1.29 is 9.18 Å². The van der Waals surface area contributed by atoms with Crippen molar-refractivity contribution in [2.45, 2.75) is 0 Å². The lowest BCUT2D eigenvalue weighted by Crippen LogP contribution is -2.43. The van der Waals surface area contributed by atoms with Gasteiger partial charge in [-0.15, -0.1) is 0 Å². The molecule has 0 aliphatic carbocycles. The van der Waals surface area contributed by atoms with Crippen molar-refractivity contribution in [3.8, 4) is 11.3 Å². The Hall–Kier alpha value is -2.86. The maximum absolute atomic E-state index is 14.8. The van der Waals surface area contributed by atoms with Crippen LogP contribution in [0.3, 0.4) is 0 Å². The Morgan fingerprint density at radius 1 is 1.08 bits per heavy atom. The summed E-state index contributed by atoms with van der Waals surface area (Å²) in [6, 6.07) is 8.87. The zero-order valence-corrected chi connectivity index (χ0v) is 13.5. The molecule has 0 atom stereocenters. The molecule has 0 unspecified atom stereocenters. The molecule has 5 rings (SSSR count). The Morgan fingerprint density at radius 3 is 2.68 bits per heavy atom. The third-order valence-corrected chi connectivity index (χ3v) is 5.03. The predicted molar refractivity (Wildman–Crippen MR) is 96.7 cm³/mol. The highest BCUT2D eigenvalue weighted by atomic mass is 19.1. The second-order valence-electron chi connectivity index (χ2n) is 6.44. The number of benzene rings is 2. The van der Waals surface area contributed by atoms with Crippen molar-refractivity contribution in [1.29, 1.82) is 0 Å². The van der Waals surface area contributed by atoms with Crippen LogP contribution in [0, 0.1) is 5.82 Å². The zero-order chi connectivity index (χ0) is 17.0. The van der Waals surface area contributed by atoms with Crippen LogP contribution in [0.2, 0.25) is 0 Å². The first-order chi connectivity index (χ1) is 12.2. The fourth-order valence-corrected chi connectivity index (χ4v) is 3.89. The molecule has 25 heavy (non-hydrogen) atoms.